The Labute approximate surface area is 156 Å². The zero-order chi connectivity index (χ0) is 17.5. The molecule has 1 rings (SSSR count). The van der Waals surface area contributed by atoms with Crippen molar-refractivity contribution >= 4 is 38.0 Å². The first-order valence-electron chi connectivity index (χ1n) is 7.85. The average molecular weight is 450 g/mol. The van der Waals surface area contributed by atoms with Gasteiger partial charge >= 0.3 is 6.09 Å². The van der Waals surface area contributed by atoms with Gasteiger partial charge in [-0.1, -0.05) is 6.07 Å². The van der Waals surface area contributed by atoms with Gasteiger partial charge in [0.05, 0.1) is 0 Å². The molecule has 1 N–H and O–H groups in total. The van der Waals surface area contributed by atoms with E-state index in [0.29, 0.717) is 13.1 Å². The van der Waals surface area contributed by atoms with E-state index in [1.165, 1.54) is 5.56 Å². The van der Waals surface area contributed by atoms with E-state index in [9.17, 15) is 4.79 Å². The van der Waals surface area contributed by atoms with Crippen LogP contribution in [0.1, 0.15) is 39.7 Å². The first-order chi connectivity index (χ1) is 10.7. The van der Waals surface area contributed by atoms with Crippen molar-refractivity contribution in [2.45, 2.75) is 46.3 Å². The standard InChI is InChI=1S/C17H26Br2N2O2/c1-5-21(16(22)23-17(2,3)4)10-6-9-20-12-13-7-8-14(18)15(19)11-13/h7-8,11,20H,5-6,9-10,12H2,1-4H3. The van der Waals surface area contributed by atoms with Gasteiger partial charge in [-0.2, -0.15) is 0 Å². The van der Waals surface area contributed by atoms with Gasteiger partial charge in [-0.05, 0) is 90.2 Å². The van der Waals surface area contributed by atoms with Crippen LogP contribution in [0.15, 0.2) is 27.1 Å². The van der Waals surface area contributed by atoms with Crippen molar-refractivity contribution in [2.75, 3.05) is 19.6 Å². The monoisotopic (exact) mass is 448 g/mol. The number of amides is 1. The van der Waals surface area contributed by atoms with E-state index in [4.69, 9.17) is 4.74 Å². The Bertz CT molecular complexity index is 516. The van der Waals surface area contributed by atoms with Gasteiger partial charge in [0, 0.05) is 28.6 Å². The lowest BCUT2D eigenvalue weighted by molar-refractivity contribution is 0.0258. The van der Waals surface area contributed by atoms with E-state index in [1.807, 2.05) is 33.8 Å². The molecule has 0 aromatic heterocycles. The first kappa shape index (κ1) is 20.5. The summed E-state index contributed by atoms with van der Waals surface area (Å²) in [6, 6.07) is 6.21. The lowest BCUT2D eigenvalue weighted by Gasteiger charge is -2.26. The highest BCUT2D eigenvalue weighted by Gasteiger charge is 2.20. The van der Waals surface area contributed by atoms with E-state index >= 15 is 0 Å². The van der Waals surface area contributed by atoms with Crippen molar-refractivity contribution in [2.24, 2.45) is 0 Å². The summed E-state index contributed by atoms with van der Waals surface area (Å²) in [5.41, 5.74) is 0.775. The molecule has 0 spiro atoms. The molecule has 0 bridgehead atoms. The summed E-state index contributed by atoms with van der Waals surface area (Å²) >= 11 is 6.97. The van der Waals surface area contributed by atoms with Crippen molar-refractivity contribution in [3.63, 3.8) is 0 Å². The fourth-order valence-electron chi connectivity index (χ4n) is 1.98. The summed E-state index contributed by atoms with van der Waals surface area (Å²) in [6.07, 6.45) is 0.655. The molecular formula is C17H26Br2N2O2. The van der Waals surface area contributed by atoms with Crippen LogP contribution in [0.2, 0.25) is 0 Å². The molecule has 4 nitrogen and oxygen atoms in total. The van der Waals surface area contributed by atoms with Crippen molar-refractivity contribution in [1.82, 2.24) is 10.2 Å². The molecule has 0 saturated carbocycles. The van der Waals surface area contributed by atoms with Gasteiger partial charge < -0.3 is 15.0 Å². The maximum absolute atomic E-state index is 12.0. The first-order valence-corrected chi connectivity index (χ1v) is 9.44. The Morgan fingerprint density at radius 3 is 2.52 bits per heavy atom. The third-order valence-electron chi connectivity index (χ3n) is 3.13. The quantitative estimate of drug-likeness (QED) is 0.598. The highest BCUT2D eigenvalue weighted by molar-refractivity contribution is 9.13. The normalized spacial score (nSPS) is 11.4. The van der Waals surface area contributed by atoms with Crippen LogP contribution in [0.3, 0.4) is 0 Å². The summed E-state index contributed by atoms with van der Waals surface area (Å²) in [5, 5.41) is 3.40. The van der Waals surface area contributed by atoms with Crippen LogP contribution in [-0.2, 0) is 11.3 Å². The smallest absolute Gasteiger partial charge is 0.410 e. The molecule has 1 aromatic rings. The van der Waals surface area contributed by atoms with Gasteiger partial charge in [0.2, 0.25) is 0 Å². The van der Waals surface area contributed by atoms with Crippen LogP contribution >= 0.6 is 31.9 Å². The molecule has 1 aromatic carbocycles. The minimum absolute atomic E-state index is 0.239. The molecule has 0 heterocycles. The number of halogens is 2. The van der Waals surface area contributed by atoms with Crippen molar-refractivity contribution < 1.29 is 9.53 Å². The fourth-order valence-corrected chi connectivity index (χ4v) is 2.66. The Morgan fingerprint density at radius 1 is 1.26 bits per heavy atom. The van der Waals surface area contributed by atoms with Crippen molar-refractivity contribution in [3.05, 3.63) is 32.7 Å². The minimum atomic E-state index is -0.447. The van der Waals surface area contributed by atoms with Gasteiger partial charge in [0.15, 0.2) is 0 Å². The molecular weight excluding hydrogens is 424 g/mol. The topological polar surface area (TPSA) is 41.6 Å². The number of rotatable bonds is 7. The van der Waals surface area contributed by atoms with Crippen molar-refractivity contribution in [1.29, 1.82) is 0 Å². The second-order valence-corrected chi connectivity index (χ2v) is 8.05. The predicted molar refractivity (Wildman–Crippen MR) is 102 cm³/mol. The van der Waals surface area contributed by atoms with Crippen LogP contribution in [0.5, 0.6) is 0 Å². The maximum Gasteiger partial charge on any atom is 0.410 e. The van der Waals surface area contributed by atoms with Gasteiger partial charge in [-0.15, -0.1) is 0 Å². The van der Waals surface area contributed by atoms with Crippen molar-refractivity contribution in [3.8, 4) is 0 Å². The van der Waals surface area contributed by atoms with Gasteiger partial charge in [0.25, 0.3) is 0 Å². The largest absolute Gasteiger partial charge is 0.444 e. The number of hydrogen-bond donors (Lipinski definition) is 1. The second kappa shape index (κ2) is 9.64. The van der Waals surface area contributed by atoms with Crippen LogP contribution in [0, 0.1) is 0 Å². The van der Waals surface area contributed by atoms with E-state index in [1.54, 1.807) is 4.90 Å². The molecule has 0 saturated heterocycles. The third-order valence-corrected chi connectivity index (χ3v) is 5.01. The Balaban J connectivity index is 2.29. The molecule has 0 unspecified atom stereocenters. The summed E-state index contributed by atoms with van der Waals surface area (Å²) in [4.78, 5) is 13.8. The minimum Gasteiger partial charge on any atom is -0.444 e. The van der Waals surface area contributed by atoms with E-state index in [2.05, 4.69) is 49.3 Å². The molecule has 6 heteroatoms. The van der Waals surface area contributed by atoms with Gasteiger partial charge in [-0.25, -0.2) is 4.79 Å². The summed E-state index contributed by atoms with van der Waals surface area (Å²) in [7, 11) is 0. The molecule has 0 aliphatic heterocycles. The van der Waals surface area contributed by atoms with Crippen LogP contribution in [0.4, 0.5) is 4.79 Å². The maximum atomic E-state index is 12.0. The molecule has 0 radical (unpaired) electrons. The number of hydrogen-bond acceptors (Lipinski definition) is 3. The van der Waals surface area contributed by atoms with E-state index < -0.39 is 5.60 Å². The summed E-state index contributed by atoms with van der Waals surface area (Å²) in [5.74, 6) is 0. The second-order valence-electron chi connectivity index (χ2n) is 6.34. The zero-order valence-corrected chi connectivity index (χ0v) is 17.5. The Morgan fingerprint density at radius 2 is 1.96 bits per heavy atom. The molecule has 0 aliphatic carbocycles. The lowest BCUT2D eigenvalue weighted by Crippen LogP contribution is -2.38. The number of carbonyl (C=O) groups excluding carboxylic acids is 1. The highest BCUT2D eigenvalue weighted by Crippen LogP contribution is 2.23. The number of nitrogens with one attached hydrogen (secondary N) is 1. The lowest BCUT2D eigenvalue weighted by atomic mass is 10.2. The number of nitrogens with zero attached hydrogens (tertiary/aromatic N) is 1. The van der Waals surface area contributed by atoms with Gasteiger partial charge in [0.1, 0.15) is 5.60 Å². The van der Waals surface area contributed by atoms with Gasteiger partial charge in [-0.3, -0.25) is 0 Å². The highest BCUT2D eigenvalue weighted by atomic mass is 79.9. The van der Waals surface area contributed by atoms with Crippen LogP contribution in [0.25, 0.3) is 0 Å². The van der Waals surface area contributed by atoms with Crippen LogP contribution < -0.4 is 5.32 Å². The predicted octanol–water partition coefficient (Wildman–Crippen LogP) is 4.95. The molecule has 0 fully saturated rings. The number of carbonyl (C=O) groups is 1. The Kier molecular flexibility index (Phi) is 8.58. The molecule has 0 aliphatic rings. The van der Waals surface area contributed by atoms with E-state index in [-0.39, 0.29) is 6.09 Å². The van der Waals surface area contributed by atoms with Crippen LogP contribution in [-0.4, -0.2) is 36.2 Å². The summed E-state index contributed by atoms with van der Waals surface area (Å²) in [6.45, 7) is 10.6. The summed E-state index contributed by atoms with van der Waals surface area (Å²) < 4.78 is 7.51. The molecule has 1 amide bonds. The number of ether oxygens (including phenoxy) is 1. The Hall–Kier alpha value is -0.590. The average Bonchev–Trinajstić information content (AvgIpc) is 2.44. The molecule has 130 valence electrons. The van der Waals surface area contributed by atoms with E-state index in [0.717, 1.165) is 28.5 Å². The zero-order valence-electron chi connectivity index (χ0n) is 14.3. The third kappa shape index (κ3) is 8.18. The fraction of sp³-hybridized carbons (Fsp3) is 0.588. The number of benzene rings is 1. The molecule has 0 atom stereocenters. The molecule has 23 heavy (non-hydrogen) atoms. The SMILES string of the molecule is CCN(CCCNCc1ccc(Br)c(Br)c1)C(=O)OC(C)(C)C.